The molecule has 0 aliphatic heterocycles. The van der Waals surface area contributed by atoms with Crippen LogP contribution in [-0.2, 0) is 21.4 Å². The standard InChI is InChI=1S/C19H23N7O3S/c1-11-8-12(2)22-19(21-11)26-14(4)17(13(3)24-26)10-18(27)23-15-6-5-7-16(9-15)25-30(20,28)29/h5-9,25H,10H2,1-4H3,(H,23,27)(H2,20,28,29). The first-order chi connectivity index (χ1) is 14.0. The van der Waals surface area contributed by atoms with Crippen molar-refractivity contribution in [3.63, 3.8) is 0 Å². The summed E-state index contributed by atoms with van der Waals surface area (Å²) >= 11 is 0. The van der Waals surface area contributed by atoms with Gasteiger partial charge in [0.1, 0.15) is 0 Å². The van der Waals surface area contributed by atoms with E-state index in [0.717, 1.165) is 22.6 Å². The molecule has 0 bridgehead atoms. The molecule has 0 saturated carbocycles. The van der Waals surface area contributed by atoms with Crippen molar-refractivity contribution in [2.45, 2.75) is 34.1 Å². The second-order valence-electron chi connectivity index (χ2n) is 6.96. The predicted octanol–water partition coefficient (Wildman–Crippen LogP) is 1.69. The molecule has 0 spiro atoms. The van der Waals surface area contributed by atoms with E-state index in [1.165, 1.54) is 12.1 Å². The van der Waals surface area contributed by atoms with Gasteiger partial charge in [-0.2, -0.15) is 13.5 Å². The highest BCUT2D eigenvalue weighted by atomic mass is 32.2. The van der Waals surface area contributed by atoms with Crippen LogP contribution >= 0.6 is 0 Å². The third-order valence-corrected chi connectivity index (χ3v) is 4.87. The molecule has 158 valence electrons. The van der Waals surface area contributed by atoms with Crippen molar-refractivity contribution in [2.24, 2.45) is 5.14 Å². The van der Waals surface area contributed by atoms with Gasteiger partial charge in [0.15, 0.2) is 0 Å². The van der Waals surface area contributed by atoms with Crippen LogP contribution in [0, 0.1) is 27.7 Å². The lowest BCUT2D eigenvalue weighted by molar-refractivity contribution is -0.115. The fourth-order valence-electron chi connectivity index (χ4n) is 3.12. The summed E-state index contributed by atoms with van der Waals surface area (Å²) in [4.78, 5) is 21.4. The number of nitrogens with zero attached hydrogens (tertiary/aromatic N) is 4. The molecule has 3 aromatic rings. The first kappa shape index (κ1) is 21.4. The number of aryl methyl sites for hydroxylation is 3. The van der Waals surface area contributed by atoms with E-state index in [0.29, 0.717) is 17.3 Å². The molecule has 0 saturated heterocycles. The molecular weight excluding hydrogens is 406 g/mol. The Morgan fingerprint density at radius 3 is 2.33 bits per heavy atom. The number of nitrogens with one attached hydrogen (secondary N) is 2. The smallest absolute Gasteiger partial charge is 0.296 e. The summed E-state index contributed by atoms with van der Waals surface area (Å²) < 4.78 is 26.1. The normalized spacial score (nSPS) is 11.4. The van der Waals surface area contributed by atoms with Gasteiger partial charge in [-0.3, -0.25) is 9.52 Å². The Morgan fingerprint density at radius 2 is 1.70 bits per heavy atom. The van der Waals surface area contributed by atoms with Crippen molar-refractivity contribution in [1.82, 2.24) is 19.7 Å². The van der Waals surface area contributed by atoms with Gasteiger partial charge in [-0.05, 0) is 52.0 Å². The summed E-state index contributed by atoms with van der Waals surface area (Å²) in [6.07, 6.45) is 0.0926. The number of carbonyl (C=O) groups is 1. The summed E-state index contributed by atoms with van der Waals surface area (Å²) in [6, 6.07) is 8.15. The summed E-state index contributed by atoms with van der Waals surface area (Å²) in [5.41, 5.74) is 4.60. The molecule has 30 heavy (non-hydrogen) atoms. The van der Waals surface area contributed by atoms with Gasteiger partial charge in [-0.25, -0.2) is 19.8 Å². The second kappa shape index (κ2) is 8.20. The van der Waals surface area contributed by atoms with Crippen LogP contribution in [0.25, 0.3) is 5.95 Å². The van der Waals surface area contributed by atoms with Crippen molar-refractivity contribution in [3.8, 4) is 5.95 Å². The van der Waals surface area contributed by atoms with E-state index in [1.54, 1.807) is 16.8 Å². The second-order valence-corrected chi connectivity index (χ2v) is 8.26. The summed E-state index contributed by atoms with van der Waals surface area (Å²) in [6.45, 7) is 7.46. The van der Waals surface area contributed by atoms with Crippen molar-refractivity contribution >= 4 is 27.5 Å². The number of hydrogen-bond acceptors (Lipinski definition) is 6. The van der Waals surface area contributed by atoms with Gasteiger partial charge in [-0.15, -0.1) is 0 Å². The van der Waals surface area contributed by atoms with Crippen molar-refractivity contribution in [2.75, 3.05) is 10.0 Å². The number of nitrogens with two attached hydrogens (primary N) is 1. The van der Waals surface area contributed by atoms with Crippen LogP contribution in [0.3, 0.4) is 0 Å². The molecule has 4 N–H and O–H groups in total. The highest BCUT2D eigenvalue weighted by molar-refractivity contribution is 7.90. The molecule has 1 amide bonds. The Morgan fingerprint density at radius 1 is 1.07 bits per heavy atom. The van der Waals surface area contributed by atoms with Gasteiger partial charge in [0.25, 0.3) is 16.2 Å². The van der Waals surface area contributed by atoms with E-state index in [-0.39, 0.29) is 18.0 Å². The lowest BCUT2D eigenvalue weighted by Gasteiger charge is -2.09. The fraction of sp³-hybridized carbons (Fsp3) is 0.263. The fourth-order valence-corrected chi connectivity index (χ4v) is 3.57. The number of aromatic nitrogens is 4. The summed E-state index contributed by atoms with van der Waals surface area (Å²) in [5.74, 6) is 0.191. The van der Waals surface area contributed by atoms with Gasteiger partial charge in [0, 0.05) is 28.3 Å². The molecule has 11 heteroatoms. The molecule has 3 rings (SSSR count). The average molecular weight is 430 g/mol. The van der Waals surface area contributed by atoms with E-state index in [2.05, 4.69) is 25.1 Å². The van der Waals surface area contributed by atoms with Crippen molar-refractivity contribution in [1.29, 1.82) is 0 Å². The zero-order chi connectivity index (χ0) is 22.1. The van der Waals surface area contributed by atoms with Crippen molar-refractivity contribution in [3.05, 3.63) is 58.7 Å². The van der Waals surface area contributed by atoms with E-state index in [9.17, 15) is 13.2 Å². The molecular formula is C19H23N7O3S. The maximum absolute atomic E-state index is 12.6. The van der Waals surface area contributed by atoms with Gasteiger partial charge in [-0.1, -0.05) is 6.07 Å². The zero-order valence-corrected chi connectivity index (χ0v) is 17.9. The average Bonchev–Trinajstić information content (AvgIpc) is 2.88. The maximum Gasteiger partial charge on any atom is 0.296 e. The molecule has 0 unspecified atom stereocenters. The third-order valence-electron chi connectivity index (χ3n) is 4.34. The largest absolute Gasteiger partial charge is 0.326 e. The van der Waals surface area contributed by atoms with Gasteiger partial charge in [0.2, 0.25) is 5.91 Å². The molecule has 0 radical (unpaired) electrons. The number of amides is 1. The van der Waals surface area contributed by atoms with Crippen LogP contribution in [-0.4, -0.2) is 34.1 Å². The topological polar surface area (TPSA) is 145 Å². The van der Waals surface area contributed by atoms with Gasteiger partial charge in [0.05, 0.1) is 17.8 Å². The Hall–Kier alpha value is -3.31. The Balaban J connectivity index is 1.79. The highest BCUT2D eigenvalue weighted by Gasteiger charge is 2.18. The van der Waals surface area contributed by atoms with E-state index < -0.39 is 10.2 Å². The van der Waals surface area contributed by atoms with Crippen LogP contribution in [0.5, 0.6) is 0 Å². The quantitative estimate of drug-likeness (QED) is 0.544. The maximum atomic E-state index is 12.6. The lowest BCUT2D eigenvalue weighted by Crippen LogP contribution is -2.22. The number of rotatable bonds is 6. The van der Waals surface area contributed by atoms with Crippen LogP contribution in [0.15, 0.2) is 30.3 Å². The SMILES string of the molecule is Cc1cc(C)nc(-n2nc(C)c(CC(=O)Nc3cccc(NS(N)(=O)=O)c3)c2C)n1. The molecule has 2 aromatic heterocycles. The molecule has 0 aliphatic carbocycles. The molecule has 0 atom stereocenters. The first-order valence-electron chi connectivity index (χ1n) is 9.10. The molecule has 0 aliphatic rings. The molecule has 1 aromatic carbocycles. The molecule has 10 nitrogen and oxygen atoms in total. The predicted molar refractivity (Wildman–Crippen MR) is 114 cm³/mol. The minimum Gasteiger partial charge on any atom is -0.326 e. The third kappa shape index (κ3) is 5.19. The summed E-state index contributed by atoms with van der Waals surface area (Å²) in [7, 11) is -3.90. The Bertz CT molecular complexity index is 1200. The Kier molecular flexibility index (Phi) is 5.85. The Labute approximate surface area is 174 Å². The van der Waals surface area contributed by atoms with Crippen LogP contribution in [0.2, 0.25) is 0 Å². The van der Waals surface area contributed by atoms with Crippen LogP contribution < -0.4 is 15.2 Å². The van der Waals surface area contributed by atoms with Gasteiger partial charge >= 0.3 is 0 Å². The number of hydrogen-bond donors (Lipinski definition) is 3. The number of anilines is 2. The van der Waals surface area contributed by atoms with E-state index in [1.807, 2.05) is 33.8 Å². The summed E-state index contributed by atoms with van der Waals surface area (Å²) in [5, 5.41) is 12.2. The number of carbonyl (C=O) groups excluding carboxylic acids is 1. The number of benzene rings is 1. The minimum atomic E-state index is -3.90. The molecule has 0 fully saturated rings. The van der Waals surface area contributed by atoms with Gasteiger partial charge < -0.3 is 5.32 Å². The van der Waals surface area contributed by atoms with Crippen molar-refractivity contribution < 1.29 is 13.2 Å². The first-order valence-corrected chi connectivity index (χ1v) is 10.6. The minimum absolute atomic E-state index is 0.0926. The van der Waals surface area contributed by atoms with Crippen LogP contribution in [0.1, 0.15) is 28.3 Å². The van der Waals surface area contributed by atoms with E-state index >= 15 is 0 Å². The van der Waals surface area contributed by atoms with Crippen LogP contribution in [0.4, 0.5) is 11.4 Å². The highest BCUT2D eigenvalue weighted by Crippen LogP contribution is 2.19. The monoisotopic (exact) mass is 429 g/mol. The lowest BCUT2D eigenvalue weighted by atomic mass is 10.1. The van der Waals surface area contributed by atoms with E-state index in [4.69, 9.17) is 5.14 Å². The zero-order valence-electron chi connectivity index (χ0n) is 17.1. The molecule has 2 heterocycles.